The van der Waals surface area contributed by atoms with Crippen LogP contribution >= 0.6 is 0 Å². The lowest BCUT2D eigenvalue weighted by Gasteiger charge is -2.03. The van der Waals surface area contributed by atoms with Crippen LogP contribution in [-0.4, -0.2) is 39.5 Å². The summed E-state index contributed by atoms with van der Waals surface area (Å²) in [6.07, 6.45) is -0.209. The van der Waals surface area contributed by atoms with Gasteiger partial charge in [0.15, 0.2) is 0 Å². The highest BCUT2D eigenvalue weighted by Crippen LogP contribution is 1.83. The molecule has 0 atom stereocenters. The highest BCUT2D eigenvalue weighted by molar-refractivity contribution is 7.89. The van der Waals surface area contributed by atoms with E-state index in [1.807, 2.05) is 0 Å². The van der Waals surface area contributed by atoms with E-state index in [-0.39, 0.29) is 24.5 Å². The predicted molar refractivity (Wildman–Crippen MR) is 51.2 cm³/mol. The number of ketones is 1. The molecule has 0 aromatic carbocycles. The lowest BCUT2D eigenvalue weighted by atomic mass is 10.3. The lowest BCUT2D eigenvalue weighted by molar-refractivity contribution is -0.127. The number of sulfonamides is 1. The number of nitrogens with one attached hydrogen (secondary N) is 2. The van der Waals surface area contributed by atoms with E-state index in [9.17, 15) is 18.0 Å². The lowest BCUT2D eigenvalue weighted by Crippen LogP contribution is -2.33. The first-order valence-corrected chi connectivity index (χ1v) is 5.70. The van der Waals surface area contributed by atoms with E-state index < -0.39 is 15.9 Å². The molecule has 82 valence electrons. The molecule has 7 heteroatoms. The van der Waals surface area contributed by atoms with Crippen molar-refractivity contribution in [3.8, 4) is 0 Å². The maximum atomic E-state index is 10.9. The van der Waals surface area contributed by atoms with Crippen LogP contribution in [-0.2, 0) is 19.6 Å². The molecule has 0 spiro atoms. The molecule has 0 aromatic heterocycles. The quantitative estimate of drug-likeness (QED) is 0.542. The summed E-state index contributed by atoms with van der Waals surface area (Å²) < 4.78 is 23.9. The molecule has 0 rings (SSSR count). The molecule has 0 saturated carbocycles. The average Bonchev–Trinajstić information content (AvgIpc) is 2.02. The molecule has 0 aliphatic rings. The predicted octanol–water partition coefficient (Wildman–Crippen LogP) is -1.37. The van der Waals surface area contributed by atoms with Gasteiger partial charge in [0.1, 0.15) is 5.78 Å². The third-order valence-electron chi connectivity index (χ3n) is 1.41. The molecule has 0 heterocycles. The first-order chi connectivity index (χ1) is 6.37. The number of rotatable bonds is 6. The van der Waals surface area contributed by atoms with Crippen molar-refractivity contribution in [2.45, 2.75) is 13.3 Å². The Labute approximate surface area is 83.1 Å². The fraction of sp³-hybridized carbons (Fsp3) is 0.714. The Bertz CT molecular complexity index is 310. The second-order valence-electron chi connectivity index (χ2n) is 2.75. The summed E-state index contributed by atoms with van der Waals surface area (Å²) in [6, 6.07) is 0. The Balaban J connectivity index is 3.75. The fourth-order valence-corrected chi connectivity index (χ4v) is 1.29. The van der Waals surface area contributed by atoms with Crippen molar-refractivity contribution >= 4 is 21.7 Å². The van der Waals surface area contributed by atoms with Gasteiger partial charge in [-0.25, -0.2) is 13.1 Å². The molecule has 0 radical (unpaired) electrons. The molecule has 0 aromatic rings. The van der Waals surface area contributed by atoms with Crippen molar-refractivity contribution in [2.24, 2.45) is 0 Å². The Kier molecular flexibility index (Phi) is 5.32. The number of Topliss-reactive ketones (excluding diaryl/α,β-unsaturated/α-hetero) is 1. The average molecular weight is 222 g/mol. The smallest absolute Gasteiger partial charge is 0.227 e. The van der Waals surface area contributed by atoms with Gasteiger partial charge in [-0.05, 0) is 14.0 Å². The third-order valence-corrected chi connectivity index (χ3v) is 2.78. The summed E-state index contributed by atoms with van der Waals surface area (Å²) in [5, 5.41) is 2.33. The normalized spacial score (nSPS) is 11.0. The van der Waals surface area contributed by atoms with Crippen LogP contribution in [0.1, 0.15) is 13.3 Å². The van der Waals surface area contributed by atoms with Crippen LogP contribution in [0, 0.1) is 0 Å². The molecule has 0 saturated heterocycles. The van der Waals surface area contributed by atoms with Gasteiger partial charge in [0.05, 0.1) is 12.2 Å². The third kappa shape index (κ3) is 6.55. The Hall–Kier alpha value is -0.950. The van der Waals surface area contributed by atoms with Crippen LogP contribution in [0.15, 0.2) is 0 Å². The summed E-state index contributed by atoms with van der Waals surface area (Å²) in [7, 11) is -1.99. The van der Waals surface area contributed by atoms with Crippen LogP contribution in [0.5, 0.6) is 0 Å². The van der Waals surface area contributed by atoms with Crippen molar-refractivity contribution < 1.29 is 18.0 Å². The number of carbonyl (C=O) groups is 2. The van der Waals surface area contributed by atoms with Gasteiger partial charge in [0.2, 0.25) is 15.9 Å². The molecule has 1 amide bonds. The summed E-state index contributed by atoms with van der Waals surface area (Å²) in [5.74, 6) is -0.893. The first-order valence-electron chi connectivity index (χ1n) is 4.05. The molecule has 6 nitrogen and oxygen atoms in total. The van der Waals surface area contributed by atoms with Crippen molar-refractivity contribution in [1.29, 1.82) is 0 Å². The van der Waals surface area contributed by atoms with Crippen LogP contribution in [0.2, 0.25) is 0 Å². The number of hydrogen-bond donors (Lipinski definition) is 2. The van der Waals surface area contributed by atoms with Gasteiger partial charge < -0.3 is 5.32 Å². The minimum absolute atomic E-state index is 0.00921. The highest BCUT2D eigenvalue weighted by Gasteiger charge is 2.08. The number of carbonyl (C=O) groups excluding carboxylic acids is 2. The topological polar surface area (TPSA) is 92.3 Å². The summed E-state index contributed by atoms with van der Waals surface area (Å²) >= 11 is 0. The Morgan fingerprint density at radius 1 is 1.29 bits per heavy atom. The summed E-state index contributed by atoms with van der Waals surface area (Å²) in [4.78, 5) is 21.4. The molecule has 0 bridgehead atoms. The maximum Gasteiger partial charge on any atom is 0.227 e. The minimum atomic E-state index is -3.29. The Morgan fingerprint density at radius 3 is 2.29 bits per heavy atom. The van der Waals surface area contributed by atoms with E-state index in [2.05, 4.69) is 10.0 Å². The van der Waals surface area contributed by atoms with E-state index in [0.717, 1.165) is 0 Å². The van der Waals surface area contributed by atoms with Crippen molar-refractivity contribution in [2.75, 3.05) is 19.3 Å². The van der Waals surface area contributed by atoms with Crippen LogP contribution < -0.4 is 10.0 Å². The van der Waals surface area contributed by atoms with Gasteiger partial charge in [0.25, 0.3) is 0 Å². The van der Waals surface area contributed by atoms with Crippen LogP contribution in [0.3, 0.4) is 0 Å². The molecule has 0 aliphatic carbocycles. The van der Waals surface area contributed by atoms with E-state index in [1.165, 1.54) is 14.0 Å². The van der Waals surface area contributed by atoms with Gasteiger partial charge in [-0.1, -0.05) is 0 Å². The molecule has 2 N–H and O–H groups in total. The van der Waals surface area contributed by atoms with Crippen LogP contribution in [0.4, 0.5) is 0 Å². The summed E-state index contributed by atoms with van der Waals surface area (Å²) in [6.45, 7) is 1.30. The van der Waals surface area contributed by atoms with E-state index in [0.29, 0.717) is 0 Å². The second kappa shape index (κ2) is 5.71. The van der Waals surface area contributed by atoms with Crippen molar-refractivity contribution in [1.82, 2.24) is 10.0 Å². The SMILES string of the molecule is CNS(=O)(=O)CCNC(=O)CC(C)=O. The molecule has 0 aliphatic heterocycles. The van der Waals surface area contributed by atoms with Gasteiger partial charge in [0, 0.05) is 6.54 Å². The van der Waals surface area contributed by atoms with Gasteiger partial charge in [-0.2, -0.15) is 0 Å². The minimum Gasteiger partial charge on any atom is -0.355 e. The second-order valence-corrected chi connectivity index (χ2v) is 4.80. The number of amides is 1. The zero-order chi connectivity index (χ0) is 11.2. The van der Waals surface area contributed by atoms with E-state index in [1.54, 1.807) is 0 Å². The molecule has 0 fully saturated rings. The van der Waals surface area contributed by atoms with Crippen molar-refractivity contribution in [3.05, 3.63) is 0 Å². The van der Waals surface area contributed by atoms with Crippen molar-refractivity contribution in [3.63, 3.8) is 0 Å². The maximum absolute atomic E-state index is 10.9. The molecular weight excluding hydrogens is 208 g/mol. The number of hydrogen-bond acceptors (Lipinski definition) is 4. The zero-order valence-electron chi connectivity index (χ0n) is 8.16. The standard InChI is InChI=1S/C7H14N2O4S/c1-6(10)5-7(11)9-3-4-14(12,13)8-2/h8H,3-5H2,1-2H3,(H,9,11). The molecular formula is C7H14N2O4S. The molecule has 14 heavy (non-hydrogen) atoms. The van der Waals surface area contributed by atoms with E-state index >= 15 is 0 Å². The van der Waals surface area contributed by atoms with Gasteiger partial charge in [-0.3, -0.25) is 9.59 Å². The van der Waals surface area contributed by atoms with E-state index in [4.69, 9.17) is 0 Å². The summed E-state index contributed by atoms with van der Waals surface area (Å²) in [5.41, 5.74) is 0. The fourth-order valence-electron chi connectivity index (χ4n) is 0.715. The first kappa shape index (κ1) is 13.1. The monoisotopic (exact) mass is 222 g/mol. The molecule has 0 unspecified atom stereocenters. The Morgan fingerprint density at radius 2 is 1.86 bits per heavy atom. The zero-order valence-corrected chi connectivity index (χ0v) is 8.98. The highest BCUT2D eigenvalue weighted by atomic mass is 32.2. The van der Waals surface area contributed by atoms with Crippen LogP contribution in [0.25, 0.3) is 0 Å². The van der Waals surface area contributed by atoms with Gasteiger partial charge >= 0.3 is 0 Å². The van der Waals surface area contributed by atoms with Gasteiger partial charge in [-0.15, -0.1) is 0 Å². The largest absolute Gasteiger partial charge is 0.355 e.